The van der Waals surface area contributed by atoms with Gasteiger partial charge in [0, 0.05) is 17.7 Å². The Labute approximate surface area is 121 Å². The van der Waals surface area contributed by atoms with Crippen LogP contribution in [0.4, 0.5) is 0 Å². The van der Waals surface area contributed by atoms with Crippen LogP contribution in [0.2, 0.25) is 0 Å². The van der Waals surface area contributed by atoms with Crippen LogP contribution in [0.25, 0.3) is 0 Å². The molecule has 1 saturated carbocycles. The third kappa shape index (κ3) is 5.10. The summed E-state index contributed by atoms with van der Waals surface area (Å²) in [6.45, 7) is 10.1. The average molecular weight is 273 g/mol. The molecule has 0 atom stereocenters. The zero-order chi connectivity index (χ0) is 15.0. The van der Waals surface area contributed by atoms with Crippen LogP contribution in [-0.2, 0) is 0 Å². The number of carbonyl (C=O) groups excluding carboxylic acids is 1. The number of hydrogen-bond donors (Lipinski definition) is 0. The Morgan fingerprint density at radius 1 is 1.35 bits per heavy atom. The summed E-state index contributed by atoms with van der Waals surface area (Å²) in [7, 11) is 0. The third-order valence-electron chi connectivity index (χ3n) is 3.45. The second-order valence-corrected chi connectivity index (χ2v) is 4.80. The topological polar surface area (TPSA) is 57.0 Å². The SMILES string of the molecule is CCN(CC)CC.N#Cc1cc(C(=O)C2CC2)ccn1. The zero-order valence-electron chi connectivity index (χ0n) is 12.6. The molecule has 20 heavy (non-hydrogen) atoms. The second kappa shape index (κ2) is 8.44. The fourth-order valence-electron chi connectivity index (χ4n) is 1.90. The van der Waals surface area contributed by atoms with Gasteiger partial charge in [-0.25, -0.2) is 4.98 Å². The van der Waals surface area contributed by atoms with Crippen LogP contribution < -0.4 is 0 Å². The summed E-state index contributed by atoms with van der Waals surface area (Å²) < 4.78 is 0. The van der Waals surface area contributed by atoms with Crippen molar-refractivity contribution in [3.63, 3.8) is 0 Å². The maximum Gasteiger partial charge on any atom is 0.166 e. The summed E-state index contributed by atoms with van der Waals surface area (Å²) in [5.41, 5.74) is 0.931. The number of hydrogen-bond acceptors (Lipinski definition) is 4. The first kappa shape index (κ1) is 16.3. The molecule has 1 fully saturated rings. The predicted molar refractivity (Wildman–Crippen MR) is 79.5 cm³/mol. The molecule has 1 aromatic rings. The minimum Gasteiger partial charge on any atom is -0.304 e. The van der Waals surface area contributed by atoms with Gasteiger partial charge in [-0.15, -0.1) is 0 Å². The highest BCUT2D eigenvalue weighted by atomic mass is 16.1. The van der Waals surface area contributed by atoms with E-state index in [2.05, 4.69) is 30.7 Å². The summed E-state index contributed by atoms with van der Waals surface area (Å²) >= 11 is 0. The third-order valence-corrected chi connectivity index (χ3v) is 3.45. The summed E-state index contributed by atoms with van der Waals surface area (Å²) in [4.78, 5) is 17.7. The van der Waals surface area contributed by atoms with Crippen molar-refractivity contribution in [3.05, 3.63) is 29.6 Å². The largest absolute Gasteiger partial charge is 0.304 e. The van der Waals surface area contributed by atoms with Crippen molar-refractivity contribution >= 4 is 5.78 Å². The Kier molecular flexibility index (Phi) is 6.89. The molecule has 1 heterocycles. The first-order valence-corrected chi connectivity index (χ1v) is 7.28. The molecule has 0 unspecified atom stereocenters. The lowest BCUT2D eigenvalue weighted by atomic mass is 10.1. The van der Waals surface area contributed by atoms with Crippen LogP contribution in [0.15, 0.2) is 18.3 Å². The number of carbonyl (C=O) groups is 1. The van der Waals surface area contributed by atoms with Crippen molar-refractivity contribution in [2.75, 3.05) is 19.6 Å². The fourth-order valence-corrected chi connectivity index (χ4v) is 1.90. The quantitative estimate of drug-likeness (QED) is 0.774. The van der Waals surface area contributed by atoms with Gasteiger partial charge in [-0.05, 0) is 44.6 Å². The number of aromatic nitrogens is 1. The van der Waals surface area contributed by atoms with Crippen LogP contribution in [-0.4, -0.2) is 35.3 Å². The number of nitrogens with zero attached hydrogens (tertiary/aromatic N) is 3. The number of Topliss-reactive ketones (excluding diaryl/α,β-unsaturated/α-hetero) is 1. The smallest absolute Gasteiger partial charge is 0.166 e. The van der Waals surface area contributed by atoms with E-state index in [1.807, 2.05) is 6.07 Å². The maximum absolute atomic E-state index is 11.5. The molecule has 2 rings (SSSR count). The summed E-state index contributed by atoms with van der Waals surface area (Å²) in [5.74, 6) is 0.354. The van der Waals surface area contributed by atoms with Gasteiger partial charge < -0.3 is 4.90 Å². The number of ketones is 1. The van der Waals surface area contributed by atoms with Gasteiger partial charge in [0.1, 0.15) is 11.8 Å². The van der Waals surface area contributed by atoms with Crippen molar-refractivity contribution in [1.82, 2.24) is 9.88 Å². The highest BCUT2D eigenvalue weighted by molar-refractivity contribution is 5.99. The summed E-state index contributed by atoms with van der Waals surface area (Å²) in [5, 5.41) is 8.57. The minimum atomic E-state index is 0.152. The molecule has 0 aromatic carbocycles. The van der Waals surface area contributed by atoms with Crippen LogP contribution in [0.3, 0.4) is 0 Å². The highest BCUT2D eigenvalue weighted by Crippen LogP contribution is 2.32. The second-order valence-electron chi connectivity index (χ2n) is 4.80. The van der Waals surface area contributed by atoms with Crippen molar-refractivity contribution < 1.29 is 4.79 Å². The van der Waals surface area contributed by atoms with E-state index in [4.69, 9.17) is 5.26 Å². The van der Waals surface area contributed by atoms with Crippen molar-refractivity contribution in [2.24, 2.45) is 5.92 Å². The zero-order valence-corrected chi connectivity index (χ0v) is 12.6. The molecule has 4 heteroatoms. The minimum absolute atomic E-state index is 0.152. The van der Waals surface area contributed by atoms with Gasteiger partial charge in [0.05, 0.1) is 0 Å². The molecular weight excluding hydrogens is 250 g/mol. The van der Waals surface area contributed by atoms with Gasteiger partial charge in [0.25, 0.3) is 0 Å². The van der Waals surface area contributed by atoms with Gasteiger partial charge in [0.15, 0.2) is 5.78 Å². The number of rotatable bonds is 5. The van der Waals surface area contributed by atoms with E-state index in [9.17, 15) is 4.79 Å². The highest BCUT2D eigenvalue weighted by Gasteiger charge is 2.30. The lowest BCUT2D eigenvalue weighted by Crippen LogP contribution is -2.21. The lowest BCUT2D eigenvalue weighted by Gasteiger charge is -2.13. The Hall–Kier alpha value is -1.73. The Balaban J connectivity index is 0.000000246. The van der Waals surface area contributed by atoms with Gasteiger partial charge in [-0.2, -0.15) is 5.26 Å². The van der Waals surface area contributed by atoms with Crippen LogP contribution in [0, 0.1) is 17.2 Å². The van der Waals surface area contributed by atoms with E-state index in [0.717, 1.165) is 12.8 Å². The molecule has 0 N–H and O–H groups in total. The van der Waals surface area contributed by atoms with E-state index in [1.54, 1.807) is 12.1 Å². The standard InChI is InChI=1S/C10H8N2O.C6H15N/c11-6-9-5-8(3-4-12-9)10(13)7-1-2-7;1-4-7(5-2)6-3/h3-5,7H,1-2H2;4-6H2,1-3H3. The van der Waals surface area contributed by atoms with Crippen LogP contribution in [0.1, 0.15) is 49.7 Å². The van der Waals surface area contributed by atoms with Crippen molar-refractivity contribution in [1.29, 1.82) is 5.26 Å². The first-order chi connectivity index (χ1) is 9.65. The molecule has 1 aromatic heterocycles. The summed E-state index contributed by atoms with van der Waals surface area (Å²) in [6, 6.07) is 5.14. The molecule has 108 valence electrons. The average Bonchev–Trinajstić information content (AvgIpc) is 3.34. The fraction of sp³-hybridized carbons (Fsp3) is 0.562. The van der Waals surface area contributed by atoms with Gasteiger partial charge in [-0.1, -0.05) is 20.8 Å². The van der Waals surface area contributed by atoms with E-state index in [0.29, 0.717) is 11.3 Å². The van der Waals surface area contributed by atoms with Gasteiger partial charge >= 0.3 is 0 Å². The van der Waals surface area contributed by atoms with Gasteiger partial charge in [0.2, 0.25) is 0 Å². The molecule has 1 aliphatic carbocycles. The molecule has 0 aliphatic heterocycles. The Bertz CT molecular complexity index is 465. The molecule has 1 aliphatic rings. The van der Waals surface area contributed by atoms with Crippen LogP contribution >= 0.6 is 0 Å². The lowest BCUT2D eigenvalue weighted by molar-refractivity contribution is 0.0967. The Morgan fingerprint density at radius 2 is 1.95 bits per heavy atom. The molecule has 0 radical (unpaired) electrons. The molecule has 4 nitrogen and oxygen atoms in total. The predicted octanol–water partition coefficient (Wildman–Crippen LogP) is 2.89. The first-order valence-electron chi connectivity index (χ1n) is 7.28. The molecule has 0 saturated heterocycles. The summed E-state index contributed by atoms with van der Waals surface area (Å²) in [6.07, 6.45) is 3.49. The van der Waals surface area contributed by atoms with E-state index in [-0.39, 0.29) is 11.7 Å². The van der Waals surface area contributed by atoms with E-state index >= 15 is 0 Å². The number of nitriles is 1. The van der Waals surface area contributed by atoms with Gasteiger partial charge in [-0.3, -0.25) is 4.79 Å². The van der Waals surface area contributed by atoms with Crippen molar-refractivity contribution in [3.8, 4) is 6.07 Å². The molecule has 0 spiro atoms. The molecule has 0 amide bonds. The van der Waals surface area contributed by atoms with Crippen LogP contribution in [0.5, 0.6) is 0 Å². The Morgan fingerprint density at radius 3 is 2.35 bits per heavy atom. The van der Waals surface area contributed by atoms with E-state index in [1.165, 1.54) is 25.8 Å². The van der Waals surface area contributed by atoms with Crippen molar-refractivity contribution in [2.45, 2.75) is 33.6 Å². The number of pyridine rings is 1. The molecular formula is C16H23N3O. The maximum atomic E-state index is 11.5. The molecule has 0 bridgehead atoms. The normalized spacial score (nSPS) is 13.3. The van der Waals surface area contributed by atoms with E-state index < -0.39 is 0 Å². The monoisotopic (exact) mass is 273 g/mol.